The molecule has 0 spiro atoms. The Morgan fingerprint density at radius 2 is 2.11 bits per heavy atom. The second-order valence-corrected chi connectivity index (χ2v) is 4.32. The van der Waals surface area contributed by atoms with Crippen LogP contribution in [-0.4, -0.2) is 22.0 Å². The van der Waals surface area contributed by atoms with E-state index in [1.54, 1.807) is 18.2 Å². The standard InChI is InChI=1S/C13H12N4O2/c14-6-9-7-15-16-12(9)17-11(18)5-8-3-1-2-4-10(8)13(17)19/h1-4,7H,5-6,14H2,(H,15,16). The van der Waals surface area contributed by atoms with Crippen LogP contribution < -0.4 is 10.6 Å². The maximum absolute atomic E-state index is 12.4. The van der Waals surface area contributed by atoms with Gasteiger partial charge in [0, 0.05) is 17.7 Å². The Bertz CT molecular complexity index is 662. The van der Waals surface area contributed by atoms with E-state index in [4.69, 9.17) is 5.73 Å². The topological polar surface area (TPSA) is 92.1 Å². The predicted octanol–water partition coefficient (Wildman–Crippen LogP) is 0.598. The number of H-pyrrole nitrogens is 1. The Hall–Kier alpha value is -2.47. The van der Waals surface area contributed by atoms with Crippen LogP contribution in [0.2, 0.25) is 0 Å². The molecule has 0 bridgehead atoms. The highest BCUT2D eigenvalue weighted by molar-refractivity contribution is 6.24. The lowest BCUT2D eigenvalue weighted by atomic mass is 9.98. The Balaban J connectivity index is 2.09. The molecule has 1 aromatic heterocycles. The van der Waals surface area contributed by atoms with Gasteiger partial charge in [0.1, 0.15) is 5.82 Å². The number of imide groups is 1. The van der Waals surface area contributed by atoms with Crippen molar-refractivity contribution in [2.24, 2.45) is 5.73 Å². The Morgan fingerprint density at radius 3 is 2.89 bits per heavy atom. The van der Waals surface area contributed by atoms with Crippen LogP contribution >= 0.6 is 0 Å². The number of nitrogens with two attached hydrogens (primary N) is 1. The van der Waals surface area contributed by atoms with Gasteiger partial charge in [-0.15, -0.1) is 0 Å². The summed E-state index contributed by atoms with van der Waals surface area (Å²) in [7, 11) is 0. The van der Waals surface area contributed by atoms with Crippen molar-refractivity contribution in [2.75, 3.05) is 4.90 Å². The second kappa shape index (κ2) is 4.33. The summed E-state index contributed by atoms with van der Waals surface area (Å²) in [6.45, 7) is 0.213. The normalized spacial score (nSPS) is 14.7. The van der Waals surface area contributed by atoms with E-state index in [9.17, 15) is 9.59 Å². The number of aromatic nitrogens is 2. The van der Waals surface area contributed by atoms with Crippen molar-refractivity contribution in [3.05, 3.63) is 47.2 Å². The third kappa shape index (κ3) is 1.73. The lowest BCUT2D eigenvalue weighted by Crippen LogP contribution is -2.43. The molecule has 2 aromatic rings. The molecule has 1 aliphatic rings. The molecule has 0 fully saturated rings. The average molecular weight is 256 g/mol. The van der Waals surface area contributed by atoms with Gasteiger partial charge in [-0.3, -0.25) is 14.7 Å². The molecule has 0 saturated carbocycles. The van der Waals surface area contributed by atoms with Crippen LogP contribution in [0, 0.1) is 0 Å². The number of carbonyl (C=O) groups excluding carboxylic acids is 2. The number of nitrogens with one attached hydrogen (secondary N) is 1. The number of carbonyl (C=O) groups is 2. The van der Waals surface area contributed by atoms with Gasteiger partial charge < -0.3 is 5.73 Å². The lowest BCUT2D eigenvalue weighted by Gasteiger charge is -2.26. The minimum Gasteiger partial charge on any atom is -0.326 e. The molecular weight excluding hydrogens is 244 g/mol. The second-order valence-electron chi connectivity index (χ2n) is 4.32. The van der Waals surface area contributed by atoms with Crippen LogP contribution in [-0.2, 0) is 17.8 Å². The molecule has 19 heavy (non-hydrogen) atoms. The third-order valence-electron chi connectivity index (χ3n) is 3.18. The quantitative estimate of drug-likeness (QED) is 0.769. The molecule has 0 saturated heterocycles. The number of aromatic amines is 1. The number of amides is 2. The Morgan fingerprint density at radius 1 is 1.32 bits per heavy atom. The van der Waals surface area contributed by atoms with E-state index in [-0.39, 0.29) is 24.8 Å². The number of hydrogen-bond donors (Lipinski definition) is 2. The van der Waals surface area contributed by atoms with Crippen molar-refractivity contribution in [1.29, 1.82) is 0 Å². The van der Waals surface area contributed by atoms with E-state index in [0.717, 1.165) is 10.5 Å². The monoisotopic (exact) mass is 256 g/mol. The van der Waals surface area contributed by atoms with Crippen molar-refractivity contribution >= 4 is 17.6 Å². The predicted molar refractivity (Wildman–Crippen MR) is 68.4 cm³/mol. The Labute approximate surface area is 109 Å². The van der Waals surface area contributed by atoms with Crippen molar-refractivity contribution in [1.82, 2.24) is 10.2 Å². The number of rotatable bonds is 2. The summed E-state index contributed by atoms with van der Waals surface area (Å²) in [5, 5.41) is 6.51. The summed E-state index contributed by atoms with van der Waals surface area (Å²) in [5.41, 5.74) is 7.51. The van der Waals surface area contributed by atoms with E-state index in [2.05, 4.69) is 10.2 Å². The molecule has 3 rings (SSSR count). The molecule has 2 amide bonds. The molecule has 0 unspecified atom stereocenters. The molecule has 2 heterocycles. The summed E-state index contributed by atoms with van der Waals surface area (Å²) in [6.07, 6.45) is 1.72. The summed E-state index contributed by atoms with van der Waals surface area (Å²) in [6, 6.07) is 7.10. The zero-order valence-corrected chi connectivity index (χ0v) is 10.1. The maximum atomic E-state index is 12.4. The van der Waals surface area contributed by atoms with Gasteiger partial charge in [0.2, 0.25) is 5.91 Å². The molecule has 3 N–H and O–H groups in total. The largest absolute Gasteiger partial charge is 0.326 e. The van der Waals surface area contributed by atoms with Crippen LogP contribution in [0.1, 0.15) is 21.5 Å². The van der Waals surface area contributed by atoms with Gasteiger partial charge in [0.15, 0.2) is 0 Å². The molecule has 0 aliphatic carbocycles. The first kappa shape index (κ1) is 11.6. The Kier molecular flexibility index (Phi) is 2.64. The zero-order chi connectivity index (χ0) is 13.4. The lowest BCUT2D eigenvalue weighted by molar-refractivity contribution is -0.117. The molecule has 1 aromatic carbocycles. The van der Waals surface area contributed by atoms with Crippen LogP contribution in [0.15, 0.2) is 30.5 Å². The highest BCUT2D eigenvalue weighted by Crippen LogP contribution is 2.26. The third-order valence-corrected chi connectivity index (χ3v) is 3.18. The van der Waals surface area contributed by atoms with Crippen LogP contribution in [0.4, 0.5) is 5.82 Å². The van der Waals surface area contributed by atoms with Gasteiger partial charge in [0.05, 0.1) is 12.6 Å². The first-order valence-corrected chi connectivity index (χ1v) is 5.90. The van der Waals surface area contributed by atoms with E-state index in [1.807, 2.05) is 6.07 Å². The number of nitrogens with zero attached hydrogens (tertiary/aromatic N) is 2. The van der Waals surface area contributed by atoms with Crippen molar-refractivity contribution in [2.45, 2.75) is 13.0 Å². The minimum absolute atomic E-state index is 0.199. The van der Waals surface area contributed by atoms with Gasteiger partial charge in [-0.1, -0.05) is 18.2 Å². The number of benzene rings is 1. The highest BCUT2D eigenvalue weighted by atomic mass is 16.2. The number of hydrogen-bond acceptors (Lipinski definition) is 4. The van der Waals surface area contributed by atoms with E-state index >= 15 is 0 Å². The van der Waals surface area contributed by atoms with Gasteiger partial charge in [-0.2, -0.15) is 5.10 Å². The molecule has 0 atom stereocenters. The van der Waals surface area contributed by atoms with Crippen molar-refractivity contribution < 1.29 is 9.59 Å². The number of fused-ring (bicyclic) bond motifs is 1. The van der Waals surface area contributed by atoms with Gasteiger partial charge in [-0.25, -0.2) is 4.90 Å². The number of anilines is 1. The fourth-order valence-corrected chi connectivity index (χ4v) is 2.23. The van der Waals surface area contributed by atoms with Crippen LogP contribution in [0.25, 0.3) is 0 Å². The highest BCUT2D eigenvalue weighted by Gasteiger charge is 2.33. The van der Waals surface area contributed by atoms with Crippen molar-refractivity contribution in [3.8, 4) is 0 Å². The molecule has 96 valence electrons. The van der Waals surface area contributed by atoms with Crippen LogP contribution in [0.5, 0.6) is 0 Å². The van der Waals surface area contributed by atoms with Gasteiger partial charge in [0.25, 0.3) is 5.91 Å². The van der Waals surface area contributed by atoms with E-state index in [0.29, 0.717) is 16.9 Å². The average Bonchev–Trinajstić information content (AvgIpc) is 2.87. The van der Waals surface area contributed by atoms with Gasteiger partial charge >= 0.3 is 0 Å². The minimum atomic E-state index is -0.342. The van der Waals surface area contributed by atoms with E-state index in [1.165, 1.54) is 6.20 Å². The summed E-state index contributed by atoms with van der Waals surface area (Å²) < 4.78 is 0. The molecule has 1 aliphatic heterocycles. The summed E-state index contributed by atoms with van der Waals surface area (Å²) in [5.74, 6) is -0.250. The fourth-order valence-electron chi connectivity index (χ4n) is 2.23. The van der Waals surface area contributed by atoms with Crippen molar-refractivity contribution in [3.63, 3.8) is 0 Å². The van der Waals surface area contributed by atoms with Crippen LogP contribution in [0.3, 0.4) is 0 Å². The first-order valence-electron chi connectivity index (χ1n) is 5.90. The van der Waals surface area contributed by atoms with E-state index < -0.39 is 0 Å². The smallest absolute Gasteiger partial charge is 0.266 e. The maximum Gasteiger partial charge on any atom is 0.266 e. The van der Waals surface area contributed by atoms with Gasteiger partial charge in [-0.05, 0) is 11.6 Å². The first-order chi connectivity index (χ1) is 9.22. The fraction of sp³-hybridized carbons (Fsp3) is 0.154. The summed E-state index contributed by atoms with van der Waals surface area (Å²) >= 11 is 0. The molecular formula is C13H12N4O2. The molecule has 6 nitrogen and oxygen atoms in total. The molecule has 0 radical (unpaired) electrons. The zero-order valence-electron chi connectivity index (χ0n) is 10.1. The summed E-state index contributed by atoms with van der Waals surface area (Å²) in [4.78, 5) is 25.7. The SMILES string of the molecule is NCc1cn[nH]c1N1C(=O)Cc2ccccc2C1=O. The molecule has 6 heteroatoms.